The Bertz CT molecular complexity index is 1120. The van der Waals surface area contributed by atoms with E-state index in [0.717, 1.165) is 28.7 Å². The highest BCUT2D eigenvalue weighted by Crippen LogP contribution is 2.27. The highest BCUT2D eigenvalue weighted by atomic mass is 16.6. The summed E-state index contributed by atoms with van der Waals surface area (Å²) >= 11 is 0. The van der Waals surface area contributed by atoms with E-state index in [1.54, 1.807) is 25.7 Å². The van der Waals surface area contributed by atoms with Gasteiger partial charge in [-0.25, -0.2) is 4.79 Å². The van der Waals surface area contributed by atoms with Gasteiger partial charge in [0.05, 0.1) is 0 Å². The summed E-state index contributed by atoms with van der Waals surface area (Å²) in [6.07, 6.45) is 1.14. The van der Waals surface area contributed by atoms with Gasteiger partial charge in [-0.2, -0.15) is 0 Å². The number of alkyl carbamates (subject to hydrolysis) is 1. The zero-order valence-electron chi connectivity index (χ0n) is 25.2. The van der Waals surface area contributed by atoms with Crippen molar-refractivity contribution in [1.82, 2.24) is 15.5 Å². The van der Waals surface area contributed by atoms with Crippen LogP contribution < -0.4 is 10.6 Å². The van der Waals surface area contributed by atoms with E-state index in [4.69, 9.17) is 4.74 Å². The predicted octanol–water partition coefficient (Wildman–Crippen LogP) is 6.02. The van der Waals surface area contributed by atoms with E-state index >= 15 is 0 Å². The van der Waals surface area contributed by atoms with Crippen molar-refractivity contribution in [2.75, 3.05) is 6.54 Å². The van der Waals surface area contributed by atoms with E-state index in [2.05, 4.69) is 10.6 Å². The summed E-state index contributed by atoms with van der Waals surface area (Å²) in [4.78, 5) is 42.7. The molecule has 0 spiro atoms. The SMILES string of the molecule is CCCCN(C(=O)C(Cc1ccccc1)NC(=O)OC(C)(C)C)C(C(=O)NC(C)(C)C)c1ccc(C)c(C)c1. The second kappa shape index (κ2) is 13.6. The number of hydrogen-bond acceptors (Lipinski definition) is 4. The molecule has 0 aliphatic rings. The van der Waals surface area contributed by atoms with Crippen molar-refractivity contribution in [3.8, 4) is 0 Å². The molecule has 0 fully saturated rings. The van der Waals surface area contributed by atoms with Crippen LogP contribution in [0.4, 0.5) is 4.79 Å². The van der Waals surface area contributed by atoms with E-state index in [1.165, 1.54) is 0 Å². The van der Waals surface area contributed by atoms with E-state index in [9.17, 15) is 14.4 Å². The van der Waals surface area contributed by atoms with Crippen molar-refractivity contribution in [3.63, 3.8) is 0 Å². The van der Waals surface area contributed by atoms with Gasteiger partial charge >= 0.3 is 6.09 Å². The number of ether oxygens (including phenoxy) is 1. The minimum atomic E-state index is -0.921. The lowest BCUT2D eigenvalue weighted by Gasteiger charge is -2.36. The Morgan fingerprint density at radius 1 is 0.923 bits per heavy atom. The number of benzene rings is 2. The summed E-state index contributed by atoms with van der Waals surface area (Å²) in [5.41, 5.74) is 2.56. The van der Waals surface area contributed by atoms with Gasteiger partial charge in [0.2, 0.25) is 11.8 Å². The van der Waals surface area contributed by atoms with Crippen LogP contribution in [0, 0.1) is 13.8 Å². The monoisotopic (exact) mass is 537 g/mol. The molecule has 7 nitrogen and oxygen atoms in total. The van der Waals surface area contributed by atoms with Crippen LogP contribution in [0.25, 0.3) is 0 Å². The molecule has 0 saturated heterocycles. The lowest BCUT2D eigenvalue weighted by Crippen LogP contribution is -2.55. The van der Waals surface area contributed by atoms with Gasteiger partial charge in [0.25, 0.3) is 0 Å². The Kier molecular flexibility index (Phi) is 11.1. The maximum Gasteiger partial charge on any atom is 0.408 e. The number of amides is 3. The number of carbonyl (C=O) groups is 3. The number of rotatable bonds is 10. The summed E-state index contributed by atoms with van der Waals surface area (Å²) in [6, 6.07) is 13.6. The van der Waals surface area contributed by atoms with Gasteiger partial charge < -0.3 is 20.3 Å². The second-order valence-electron chi connectivity index (χ2n) is 12.3. The van der Waals surface area contributed by atoms with Gasteiger partial charge in [-0.15, -0.1) is 0 Å². The minimum absolute atomic E-state index is 0.258. The molecule has 0 aliphatic heterocycles. The van der Waals surface area contributed by atoms with E-state index in [0.29, 0.717) is 13.0 Å². The zero-order chi connectivity index (χ0) is 29.4. The van der Waals surface area contributed by atoms with Gasteiger partial charge in [0.15, 0.2) is 0 Å². The minimum Gasteiger partial charge on any atom is -0.444 e. The molecule has 0 aromatic heterocycles. The van der Waals surface area contributed by atoms with Crippen LogP contribution in [0.1, 0.15) is 89.6 Å². The largest absolute Gasteiger partial charge is 0.444 e. The maximum atomic E-state index is 14.4. The molecule has 0 saturated carbocycles. The molecule has 0 heterocycles. The molecular formula is C32H47N3O4. The average molecular weight is 538 g/mol. The van der Waals surface area contributed by atoms with Crippen molar-refractivity contribution in [1.29, 1.82) is 0 Å². The summed E-state index contributed by atoms with van der Waals surface area (Å²) in [5, 5.41) is 5.89. The van der Waals surface area contributed by atoms with Gasteiger partial charge in [-0.1, -0.05) is 61.9 Å². The van der Waals surface area contributed by atoms with Crippen molar-refractivity contribution in [2.45, 2.75) is 105 Å². The van der Waals surface area contributed by atoms with Crippen LogP contribution in [0.5, 0.6) is 0 Å². The standard InChI is InChI=1S/C32H47N3O4/c1-10-11-19-35(27(28(36)34-31(4,5)6)25-18-17-22(2)23(3)20-25)29(37)26(21-24-15-13-12-14-16-24)33-30(38)39-32(7,8)9/h12-18,20,26-27H,10-11,19,21H2,1-9H3,(H,33,38)(H,34,36). The second-order valence-corrected chi connectivity index (χ2v) is 12.3. The first-order valence-electron chi connectivity index (χ1n) is 13.8. The summed E-state index contributed by atoms with van der Waals surface area (Å²) in [6.45, 7) is 17.5. The Morgan fingerprint density at radius 3 is 2.10 bits per heavy atom. The molecule has 2 unspecified atom stereocenters. The Morgan fingerprint density at radius 2 is 1.56 bits per heavy atom. The first kappa shape index (κ1) is 31.9. The molecule has 0 radical (unpaired) electrons. The van der Waals surface area contributed by atoms with Crippen molar-refractivity contribution in [3.05, 3.63) is 70.8 Å². The Labute approximate surface area is 234 Å². The van der Waals surface area contributed by atoms with Crippen molar-refractivity contribution < 1.29 is 19.1 Å². The molecule has 214 valence electrons. The third-order valence-electron chi connectivity index (χ3n) is 6.21. The quantitative estimate of drug-likeness (QED) is 0.388. The van der Waals surface area contributed by atoms with E-state index < -0.39 is 29.3 Å². The third-order valence-corrected chi connectivity index (χ3v) is 6.21. The summed E-state index contributed by atoms with van der Waals surface area (Å²) in [7, 11) is 0. The highest BCUT2D eigenvalue weighted by Gasteiger charge is 2.37. The normalized spacial score (nSPS) is 13.3. The number of carbonyl (C=O) groups excluding carboxylic acids is 3. The molecule has 2 rings (SSSR count). The molecule has 0 aliphatic carbocycles. The predicted molar refractivity (Wildman–Crippen MR) is 156 cm³/mol. The maximum absolute atomic E-state index is 14.4. The molecule has 39 heavy (non-hydrogen) atoms. The van der Waals surface area contributed by atoms with Crippen LogP contribution in [0.2, 0.25) is 0 Å². The molecule has 7 heteroatoms. The number of hydrogen-bond donors (Lipinski definition) is 2. The van der Waals surface area contributed by atoms with E-state index in [1.807, 2.05) is 90.1 Å². The van der Waals surface area contributed by atoms with Crippen molar-refractivity contribution >= 4 is 17.9 Å². The summed E-state index contributed by atoms with van der Waals surface area (Å²) < 4.78 is 5.50. The summed E-state index contributed by atoms with van der Waals surface area (Å²) in [5.74, 6) is -0.587. The van der Waals surface area contributed by atoms with Crippen molar-refractivity contribution in [2.24, 2.45) is 0 Å². The smallest absolute Gasteiger partial charge is 0.408 e. The number of nitrogens with one attached hydrogen (secondary N) is 2. The Balaban J connectivity index is 2.59. The highest BCUT2D eigenvalue weighted by molar-refractivity contribution is 5.92. The first-order chi connectivity index (χ1) is 18.1. The molecule has 2 aromatic rings. The fourth-order valence-corrected chi connectivity index (χ4v) is 4.24. The molecule has 2 N–H and O–H groups in total. The third kappa shape index (κ3) is 10.4. The molecule has 0 bridgehead atoms. The topological polar surface area (TPSA) is 87.7 Å². The number of unbranched alkanes of at least 4 members (excludes halogenated alkanes) is 1. The van der Waals surface area contributed by atoms with E-state index in [-0.39, 0.29) is 18.2 Å². The lowest BCUT2D eigenvalue weighted by molar-refractivity contribution is -0.143. The van der Waals surface area contributed by atoms with Crippen LogP contribution >= 0.6 is 0 Å². The zero-order valence-corrected chi connectivity index (χ0v) is 25.2. The first-order valence-corrected chi connectivity index (χ1v) is 13.8. The fraction of sp³-hybridized carbons (Fsp3) is 0.531. The fourth-order valence-electron chi connectivity index (χ4n) is 4.24. The van der Waals surface area contributed by atoms with Gasteiger partial charge in [-0.3, -0.25) is 9.59 Å². The van der Waals surface area contributed by atoms with Crippen LogP contribution in [0.15, 0.2) is 48.5 Å². The van der Waals surface area contributed by atoms with Crippen LogP contribution in [-0.4, -0.2) is 46.5 Å². The molecule has 2 atom stereocenters. The van der Waals surface area contributed by atoms with Gasteiger partial charge in [0.1, 0.15) is 17.7 Å². The van der Waals surface area contributed by atoms with Gasteiger partial charge in [0, 0.05) is 18.5 Å². The van der Waals surface area contributed by atoms with Crippen LogP contribution in [0.3, 0.4) is 0 Å². The number of nitrogens with zero attached hydrogens (tertiary/aromatic N) is 1. The molecular weight excluding hydrogens is 490 g/mol. The Hall–Kier alpha value is -3.35. The average Bonchev–Trinajstić information content (AvgIpc) is 2.81. The van der Waals surface area contributed by atoms with Gasteiger partial charge in [-0.05, 0) is 84.1 Å². The van der Waals surface area contributed by atoms with Crippen LogP contribution in [-0.2, 0) is 20.7 Å². The molecule has 2 aromatic carbocycles. The molecule has 3 amide bonds. The number of aryl methyl sites for hydroxylation is 2. The lowest BCUT2D eigenvalue weighted by atomic mass is 9.96.